The van der Waals surface area contributed by atoms with Crippen LogP contribution in [0.5, 0.6) is 0 Å². The predicted octanol–water partition coefficient (Wildman–Crippen LogP) is 4.59. The van der Waals surface area contributed by atoms with Gasteiger partial charge in [-0.2, -0.15) is 4.31 Å². The number of halogens is 1. The first-order valence-corrected chi connectivity index (χ1v) is 9.97. The molecule has 0 fully saturated rings. The average Bonchev–Trinajstić information content (AvgIpc) is 2.49. The molecule has 0 aliphatic heterocycles. The molecule has 0 spiro atoms. The molecule has 0 atom stereocenters. The smallest absolute Gasteiger partial charge is 0.245 e. The van der Waals surface area contributed by atoms with Gasteiger partial charge in [0.25, 0.3) is 0 Å². The fraction of sp³-hybridized carbons (Fsp3) is 0.389. The summed E-state index contributed by atoms with van der Waals surface area (Å²) in [6, 6.07) is 8.50. The lowest BCUT2D eigenvalue weighted by atomic mass is 10.2. The Hall–Kier alpha value is -1.63. The van der Waals surface area contributed by atoms with Crippen molar-refractivity contribution in [1.29, 1.82) is 0 Å². The number of anilines is 2. The van der Waals surface area contributed by atoms with Crippen LogP contribution in [0.15, 0.2) is 41.4 Å². The van der Waals surface area contributed by atoms with Crippen LogP contribution in [0, 0.1) is 6.92 Å². The van der Waals surface area contributed by atoms with Gasteiger partial charge in [0.05, 0.1) is 0 Å². The number of hydrogen-bond donors (Lipinski definition) is 1. The molecule has 0 bridgehead atoms. The molecule has 1 heterocycles. The molecule has 0 unspecified atom stereocenters. The number of benzene rings is 1. The number of hydrogen-bond acceptors (Lipinski definition) is 4. The number of aromatic nitrogens is 1. The lowest BCUT2D eigenvalue weighted by Gasteiger charge is -2.29. The van der Waals surface area contributed by atoms with Gasteiger partial charge in [-0.1, -0.05) is 11.6 Å². The topological polar surface area (TPSA) is 62.3 Å². The van der Waals surface area contributed by atoms with Crippen molar-refractivity contribution in [2.75, 3.05) is 5.32 Å². The van der Waals surface area contributed by atoms with Crippen molar-refractivity contribution in [3.05, 3.63) is 47.1 Å². The third-order valence-corrected chi connectivity index (χ3v) is 6.25. The maximum atomic E-state index is 12.8. The second-order valence-corrected chi connectivity index (χ2v) is 8.77. The molecule has 0 aliphatic carbocycles. The number of aryl methyl sites for hydroxylation is 1. The van der Waals surface area contributed by atoms with Crippen LogP contribution < -0.4 is 5.32 Å². The van der Waals surface area contributed by atoms with Crippen LogP contribution in [-0.2, 0) is 10.0 Å². The largest absolute Gasteiger partial charge is 0.340 e. The Morgan fingerprint density at radius 1 is 1.08 bits per heavy atom. The maximum Gasteiger partial charge on any atom is 0.245 e. The summed E-state index contributed by atoms with van der Waals surface area (Å²) in [4.78, 5) is 4.44. The quantitative estimate of drug-likeness (QED) is 0.794. The van der Waals surface area contributed by atoms with Crippen molar-refractivity contribution < 1.29 is 8.42 Å². The molecule has 0 saturated carbocycles. The molecule has 7 heteroatoms. The third-order valence-electron chi connectivity index (χ3n) is 3.78. The predicted molar refractivity (Wildman–Crippen MR) is 103 cm³/mol. The fourth-order valence-corrected chi connectivity index (χ4v) is 4.79. The Kier molecular flexibility index (Phi) is 6.08. The summed E-state index contributed by atoms with van der Waals surface area (Å²) < 4.78 is 27.1. The minimum atomic E-state index is -3.58. The van der Waals surface area contributed by atoms with Gasteiger partial charge in [0.15, 0.2) is 0 Å². The van der Waals surface area contributed by atoms with Crippen LogP contribution in [0.4, 0.5) is 11.5 Å². The van der Waals surface area contributed by atoms with Crippen molar-refractivity contribution in [3.63, 3.8) is 0 Å². The van der Waals surface area contributed by atoms with Crippen molar-refractivity contribution in [2.24, 2.45) is 0 Å². The molecule has 1 N–H and O–H groups in total. The summed E-state index contributed by atoms with van der Waals surface area (Å²) in [6.07, 6.45) is 1.39. The minimum absolute atomic E-state index is 0.125. The summed E-state index contributed by atoms with van der Waals surface area (Å²) in [6.45, 7) is 9.40. The monoisotopic (exact) mass is 381 g/mol. The Balaban J connectivity index is 2.27. The summed E-state index contributed by atoms with van der Waals surface area (Å²) in [5.74, 6) is 0.574. The molecule has 2 aromatic rings. The lowest BCUT2D eigenvalue weighted by molar-refractivity contribution is 0.302. The van der Waals surface area contributed by atoms with Crippen LogP contribution in [0.25, 0.3) is 0 Å². The van der Waals surface area contributed by atoms with E-state index in [1.54, 1.807) is 18.2 Å². The van der Waals surface area contributed by atoms with E-state index in [1.807, 2.05) is 46.8 Å². The zero-order valence-corrected chi connectivity index (χ0v) is 16.7. The Bertz CT molecular complexity index is 826. The van der Waals surface area contributed by atoms with Crippen LogP contribution in [0.2, 0.25) is 5.02 Å². The Morgan fingerprint density at radius 2 is 1.72 bits per heavy atom. The van der Waals surface area contributed by atoms with Gasteiger partial charge >= 0.3 is 0 Å². The highest BCUT2D eigenvalue weighted by Gasteiger charge is 2.29. The van der Waals surface area contributed by atoms with Crippen LogP contribution in [0.1, 0.15) is 33.3 Å². The van der Waals surface area contributed by atoms with Crippen LogP contribution in [0.3, 0.4) is 0 Å². The van der Waals surface area contributed by atoms with Crippen molar-refractivity contribution in [2.45, 2.75) is 51.6 Å². The second kappa shape index (κ2) is 7.72. The normalized spacial score (nSPS) is 12.2. The second-order valence-electron chi connectivity index (χ2n) is 6.49. The summed E-state index contributed by atoms with van der Waals surface area (Å²) in [5.41, 5.74) is 1.86. The number of sulfonamides is 1. The average molecular weight is 382 g/mol. The minimum Gasteiger partial charge on any atom is -0.340 e. The third kappa shape index (κ3) is 4.51. The lowest BCUT2D eigenvalue weighted by Crippen LogP contribution is -2.41. The van der Waals surface area contributed by atoms with E-state index in [-0.39, 0.29) is 17.0 Å². The van der Waals surface area contributed by atoms with Gasteiger partial charge in [0.2, 0.25) is 10.0 Å². The number of pyridine rings is 1. The highest BCUT2D eigenvalue weighted by atomic mass is 35.5. The molecule has 0 saturated heterocycles. The SMILES string of the molecule is Cc1cc(Cl)ccc1Nc1ccc(S(=O)(=O)N(C(C)C)C(C)C)cn1. The van der Waals surface area contributed by atoms with Crippen molar-refractivity contribution >= 4 is 33.1 Å². The van der Waals surface area contributed by atoms with Crippen molar-refractivity contribution in [3.8, 4) is 0 Å². The summed E-state index contributed by atoms with van der Waals surface area (Å²) in [5, 5.41) is 3.84. The molecule has 0 radical (unpaired) electrons. The molecule has 1 aromatic carbocycles. The first kappa shape index (κ1) is 19.7. The van der Waals surface area contributed by atoms with Crippen LogP contribution in [-0.4, -0.2) is 29.8 Å². The van der Waals surface area contributed by atoms with Gasteiger partial charge in [-0.3, -0.25) is 0 Å². The molecule has 0 aliphatic rings. The Labute approximate surface area is 155 Å². The maximum absolute atomic E-state index is 12.8. The van der Waals surface area contributed by atoms with E-state index in [1.165, 1.54) is 10.5 Å². The highest BCUT2D eigenvalue weighted by Crippen LogP contribution is 2.25. The molecule has 5 nitrogen and oxygen atoms in total. The molecule has 0 amide bonds. The number of nitrogens with one attached hydrogen (secondary N) is 1. The van der Waals surface area contributed by atoms with Crippen LogP contribution >= 0.6 is 11.6 Å². The van der Waals surface area contributed by atoms with Gasteiger partial charge in [-0.05, 0) is 70.5 Å². The van der Waals surface area contributed by atoms with Gasteiger partial charge in [-0.15, -0.1) is 0 Å². The number of nitrogens with zero attached hydrogens (tertiary/aromatic N) is 2. The standard InChI is InChI=1S/C18H24ClN3O2S/c1-12(2)22(13(3)4)25(23,24)16-7-9-18(20-11-16)21-17-8-6-15(19)10-14(17)5/h6-13H,1-5H3,(H,20,21). The molecular formula is C18H24ClN3O2S. The summed E-state index contributed by atoms with van der Waals surface area (Å²) in [7, 11) is -3.58. The Morgan fingerprint density at radius 3 is 2.20 bits per heavy atom. The van der Waals surface area contributed by atoms with E-state index in [0.29, 0.717) is 10.8 Å². The first-order chi connectivity index (χ1) is 11.6. The van der Waals surface area contributed by atoms with Gasteiger partial charge in [-0.25, -0.2) is 13.4 Å². The zero-order chi connectivity index (χ0) is 18.8. The summed E-state index contributed by atoms with van der Waals surface area (Å²) >= 11 is 5.96. The van der Waals surface area contributed by atoms with E-state index in [0.717, 1.165) is 11.3 Å². The fourth-order valence-electron chi connectivity index (χ4n) is 2.79. The van der Waals surface area contributed by atoms with E-state index in [2.05, 4.69) is 10.3 Å². The molecule has 25 heavy (non-hydrogen) atoms. The van der Waals surface area contributed by atoms with E-state index in [9.17, 15) is 8.42 Å². The molecule has 1 aromatic heterocycles. The van der Waals surface area contributed by atoms with Crippen molar-refractivity contribution in [1.82, 2.24) is 9.29 Å². The molecule has 2 rings (SSSR count). The van der Waals surface area contributed by atoms with Gasteiger partial charge in [0.1, 0.15) is 10.7 Å². The van der Waals surface area contributed by atoms with Gasteiger partial charge in [0, 0.05) is 29.0 Å². The van der Waals surface area contributed by atoms with E-state index < -0.39 is 10.0 Å². The van der Waals surface area contributed by atoms with Gasteiger partial charge < -0.3 is 5.32 Å². The highest BCUT2D eigenvalue weighted by molar-refractivity contribution is 7.89. The first-order valence-electron chi connectivity index (χ1n) is 8.15. The van der Waals surface area contributed by atoms with E-state index >= 15 is 0 Å². The number of rotatable bonds is 6. The molecular weight excluding hydrogens is 358 g/mol. The zero-order valence-electron chi connectivity index (χ0n) is 15.1. The molecule has 136 valence electrons. The van der Waals surface area contributed by atoms with E-state index in [4.69, 9.17) is 11.6 Å².